The van der Waals surface area contributed by atoms with Crippen LogP contribution in [0.1, 0.15) is 18.5 Å². The number of rotatable bonds is 4. The Morgan fingerprint density at radius 1 is 1.33 bits per heavy atom. The van der Waals surface area contributed by atoms with E-state index in [1.165, 1.54) is 24.3 Å². The molecule has 3 aromatic heterocycles. The number of aromatic nitrogens is 5. The molecular formula is C19H15ClFN7O2. The van der Waals surface area contributed by atoms with Crippen LogP contribution >= 0.6 is 11.6 Å². The summed E-state index contributed by atoms with van der Waals surface area (Å²) in [6.07, 6.45) is 5.07. The van der Waals surface area contributed by atoms with E-state index in [9.17, 15) is 14.3 Å². The van der Waals surface area contributed by atoms with Crippen LogP contribution in [0.5, 0.6) is 5.88 Å². The van der Waals surface area contributed by atoms with Crippen molar-refractivity contribution >= 4 is 34.8 Å². The zero-order chi connectivity index (χ0) is 20.8. The molecule has 5 rings (SSSR count). The number of aromatic amines is 2. The third-order valence-electron chi connectivity index (χ3n) is 4.57. The van der Waals surface area contributed by atoms with E-state index in [-0.39, 0.29) is 23.3 Å². The fourth-order valence-corrected chi connectivity index (χ4v) is 3.16. The average molecular weight is 428 g/mol. The maximum Gasteiger partial charge on any atom is 0.326 e. The molecule has 4 aromatic rings. The third kappa shape index (κ3) is 3.52. The molecule has 1 aromatic carbocycles. The Balaban J connectivity index is 1.69. The van der Waals surface area contributed by atoms with E-state index in [1.54, 1.807) is 16.8 Å². The smallest absolute Gasteiger partial charge is 0.326 e. The van der Waals surface area contributed by atoms with Gasteiger partial charge in [0.15, 0.2) is 11.1 Å². The van der Waals surface area contributed by atoms with Crippen LogP contribution < -0.4 is 21.7 Å². The molecule has 1 aliphatic rings. The highest BCUT2D eigenvalue weighted by molar-refractivity contribution is 6.30. The van der Waals surface area contributed by atoms with Crippen molar-refractivity contribution in [3.05, 3.63) is 68.2 Å². The van der Waals surface area contributed by atoms with Gasteiger partial charge in [-0.25, -0.2) is 14.2 Å². The van der Waals surface area contributed by atoms with Gasteiger partial charge in [-0.15, -0.1) is 0 Å². The van der Waals surface area contributed by atoms with Gasteiger partial charge in [-0.1, -0.05) is 11.6 Å². The molecule has 0 aliphatic heterocycles. The first-order valence-electron chi connectivity index (χ1n) is 9.14. The van der Waals surface area contributed by atoms with Crippen molar-refractivity contribution in [3.63, 3.8) is 0 Å². The van der Waals surface area contributed by atoms with Crippen molar-refractivity contribution in [2.45, 2.75) is 18.9 Å². The first-order chi connectivity index (χ1) is 14.5. The van der Waals surface area contributed by atoms with Crippen LogP contribution in [0.2, 0.25) is 5.02 Å². The number of nitrogens with one attached hydrogen (secondary N) is 3. The normalized spacial score (nSPS) is 15.3. The molecule has 1 aliphatic carbocycles. The highest BCUT2D eigenvalue weighted by atomic mass is 35.5. The maximum atomic E-state index is 14.2. The number of hydrogen-bond donors (Lipinski definition) is 4. The monoisotopic (exact) mass is 427 g/mol. The second-order valence-electron chi connectivity index (χ2n) is 6.93. The summed E-state index contributed by atoms with van der Waals surface area (Å²) in [5.74, 6) is -0.417. The van der Waals surface area contributed by atoms with Gasteiger partial charge in [-0.2, -0.15) is 9.61 Å². The summed E-state index contributed by atoms with van der Waals surface area (Å²) >= 11 is 5.98. The van der Waals surface area contributed by atoms with Crippen LogP contribution in [0, 0.1) is 5.82 Å². The Morgan fingerprint density at radius 3 is 2.90 bits per heavy atom. The number of benzene rings is 1. The quantitative estimate of drug-likeness (QED) is 0.394. The summed E-state index contributed by atoms with van der Waals surface area (Å²) in [6, 6.07) is 6.08. The molecule has 3 heterocycles. The molecular weight excluding hydrogens is 413 g/mol. The van der Waals surface area contributed by atoms with Crippen LogP contribution in [-0.2, 0) is 0 Å². The molecule has 0 atom stereocenters. The summed E-state index contributed by atoms with van der Waals surface area (Å²) in [5, 5.41) is 18.0. The van der Waals surface area contributed by atoms with Crippen molar-refractivity contribution in [3.8, 4) is 5.88 Å². The Bertz CT molecular complexity index is 1450. The van der Waals surface area contributed by atoms with Crippen molar-refractivity contribution in [1.82, 2.24) is 24.6 Å². The van der Waals surface area contributed by atoms with Crippen molar-refractivity contribution in [2.24, 2.45) is 4.99 Å². The van der Waals surface area contributed by atoms with Gasteiger partial charge in [0.1, 0.15) is 17.3 Å². The van der Waals surface area contributed by atoms with Gasteiger partial charge in [0.25, 0.3) is 0 Å². The molecule has 30 heavy (non-hydrogen) atoms. The predicted octanol–water partition coefficient (Wildman–Crippen LogP) is 1.60. The largest absolute Gasteiger partial charge is 0.493 e. The lowest BCUT2D eigenvalue weighted by atomic mass is 10.3. The summed E-state index contributed by atoms with van der Waals surface area (Å²) in [5.41, 5.74) is 0.805. The molecule has 0 radical (unpaired) electrons. The number of halogens is 2. The van der Waals surface area contributed by atoms with Gasteiger partial charge in [-0.05, 0) is 37.1 Å². The number of hydrogen-bond acceptors (Lipinski definition) is 6. The fraction of sp³-hybridized carbons (Fsp3) is 0.158. The molecule has 0 saturated heterocycles. The number of fused-ring (bicyclic) bond motifs is 1. The van der Waals surface area contributed by atoms with Gasteiger partial charge in [0, 0.05) is 16.3 Å². The van der Waals surface area contributed by atoms with Crippen LogP contribution in [-0.4, -0.2) is 35.7 Å². The minimum absolute atomic E-state index is 0.175. The van der Waals surface area contributed by atoms with Crippen molar-refractivity contribution in [1.29, 1.82) is 0 Å². The van der Waals surface area contributed by atoms with Gasteiger partial charge in [0.2, 0.25) is 5.88 Å². The summed E-state index contributed by atoms with van der Waals surface area (Å²) in [7, 11) is 0. The second kappa shape index (κ2) is 6.99. The Morgan fingerprint density at radius 2 is 2.17 bits per heavy atom. The van der Waals surface area contributed by atoms with Gasteiger partial charge in [-0.3, -0.25) is 9.98 Å². The Hall–Kier alpha value is -3.66. The standard InChI is InChI=1S/C19H15ClFN7O2/c20-10-1-4-12(21)13(6-10)24-15-7-16(23-11-2-3-11)28-17(26-15)9(8-22-28)5-14-18(29)27-19(30)25-14/h1,4-8,11,24,29H,2-3H2,(H2,25,27,30). The number of aromatic hydroxyl groups is 1. The fourth-order valence-electron chi connectivity index (χ4n) is 2.99. The van der Waals surface area contributed by atoms with Crippen LogP contribution in [0.4, 0.5) is 15.9 Å². The molecule has 0 spiro atoms. The highest BCUT2D eigenvalue weighted by Gasteiger charge is 2.20. The van der Waals surface area contributed by atoms with E-state index in [0.717, 1.165) is 12.8 Å². The molecule has 1 fully saturated rings. The minimum Gasteiger partial charge on any atom is -0.493 e. The zero-order valence-electron chi connectivity index (χ0n) is 15.4. The van der Waals surface area contributed by atoms with E-state index >= 15 is 0 Å². The number of anilines is 2. The van der Waals surface area contributed by atoms with E-state index in [1.807, 2.05) is 0 Å². The minimum atomic E-state index is -0.536. The second-order valence-corrected chi connectivity index (χ2v) is 7.37. The average Bonchev–Trinajstić information content (AvgIpc) is 3.34. The van der Waals surface area contributed by atoms with E-state index < -0.39 is 11.5 Å². The van der Waals surface area contributed by atoms with E-state index in [4.69, 9.17) is 11.6 Å². The molecule has 0 amide bonds. The lowest BCUT2D eigenvalue weighted by Gasteiger charge is -2.08. The van der Waals surface area contributed by atoms with Crippen LogP contribution in [0.3, 0.4) is 0 Å². The van der Waals surface area contributed by atoms with Crippen molar-refractivity contribution < 1.29 is 9.50 Å². The molecule has 4 N–H and O–H groups in total. The summed E-state index contributed by atoms with van der Waals surface area (Å²) < 4.78 is 15.7. The van der Waals surface area contributed by atoms with E-state index in [2.05, 4.69) is 30.4 Å². The highest BCUT2D eigenvalue weighted by Crippen LogP contribution is 2.24. The van der Waals surface area contributed by atoms with Gasteiger partial charge < -0.3 is 15.4 Å². The van der Waals surface area contributed by atoms with Crippen LogP contribution in [0.15, 0.2) is 40.2 Å². The Labute approximate surface area is 172 Å². The maximum absolute atomic E-state index is 14.2. The molecule has 11 heteroatoms. The zero-order valence-corrected chi connectivity index (χ0v) is 16.1. The third-order valence-corrected chi connectivity index (χ3v) is 4.80. The lowest BCUT2D eigenvalue weighted by Crippen LogP contribution is -2.20. The van der Waals surface area contributed by atoms with Gasteiger partial charge >= 0.3 is 5.69 Å². The molecule has 9 nitrogen and oxygen atoms in total. The SMILES string of the molecule is O=c1[nH]c(O)c(C=c2cnn3c(=NC4CC4)cc(Nc4cc(Cl)ccc4F)nc23)[nH]1. The molecule has 152 valence electrons. The Kier molecular flexibility index (Phi) is 4.28. The topological polar surface area (TPSA) is 123 Å². The van der Waals surface area contributed by atoms with Crippen LogP contribution in [0.25, 0.3) is 11.7 Å². The van der Waals surface area contributed by atoms with Gasteiger partial charge in [0.05, 0.1) is 17.9 Å². The number of nitrogens with zero attached hydrogens (tertiary/aromatic N) is 4. The molecule has 1 saturated carbocycles. The summed E-state index contributed by atoms with van der Waals surface area (Å²) in [6.45, 7) is 0. The van der Waals surface area contributed by atoms with E-state index in [0.29, 0.717) is 27.2 Å². The first-order valence-corrected chi connectivity index (χ1v) is 9.52. The number of H-pyrrole nitrogens is 2. The first kappa shape index (κ1) is 18.4. The molecule has 0 bridgehead atoms. The summed E-state index contributed by atoms with van der Waals surface area (Å²) in [4.78, 5) is 25.3. The molecule has 0 unspecified atom stereocenters. The predicted molar refractivity (Wildman–Crippen MR) is 108 cm³/mol. The number of imidazole rings is 1. The lowest BCUT2D eigenvalue weighted by molar-refractivity contribution is 0.454. The van der Waals surface area contributed by atoms with Crippen molar-refractivity contribution in [2.75, 3.05) is 5.32 Å².